The average molecular weight is 254 g/mol. The van der Waals surface area contributed by atoms with E-state index in [1.165, 1.54) is 0 Å². The van der Waals surface area contributed by atoms with E-state index in [-0.39, 0.29) is 23.8 Å². The molecule has 4 nitrogen and oxygen atoms in total. The van der Waals surface area contributed by atoms with Crippen LogP contribution in [0.2, 0.25) is 0 Å². The number of esters is 1. The number of carbonyl (C=O) groups excluding carboxylic acids is 1. The fourth-order valence-corrected chi connectivity index (χ4v) is 3.01. The minimum absolute atomic E-state index is 0.0212. The third kappa shape index (κ3) is 2.75. The van der Waals surface area contributed by atoms with Crippen LogP contribution in [-0.2, 0) is 19.0 Å². The molecule has 1 unspecified atom stereocenters. The van der Waals surface area contributed by atoms with Crippen molar-refractivity contribution in [1.82, 2.24) is 0 Å². The Kier molecular flexibility index (Phi) is 4.40. The summed E-state index contributed by atoms with van der Waals surface area (Å²) in [5.74, 6) is -0.266. The Morgan fingerprint density at radius 2 is 2.28 bits per heavy atom. The highest BCUT2D eigenvalue weighted by molar-refractivity contribution is 5.82. The molecule has 0 spiro atoms. The molecule has 2 rings (SSSR count). The van der Waals surface area contributed by atoms with E-state index in [1.54, 1.807) is 6.08 Å². The minimum atomic E-state index is -0.266. The quantitative estimate of drug-likeness (QED) is 0.558. The Morgan fingerprint density at radius 3 is 3.00 bits per heavy atom. The van der Waals surface area contributed by atoms with Gasteiger partial charge >= 0.3 is 5.97 Å². The maximum Gasteiger partial charge on any atom is 0.330 e. The van der Waals surface area contributed by atoms with Gasteiger partial charge in [0.05, 0.1) is 12.7 Å². The van der Waals surface area contributed by atoms with Crippen molar-refractivity contribution in [3.8, 4) is 0 Å². The van der Waals surface area contributed by atoms with Crippen LogP contribution >= 0.6 is 0 Å². The number of rotatable bonds is 5. The Bertz CT molecular complexity index is 326. The molecule has 18 heavy (non-hydrogen) atoms. The molecule has 1 aliphatic heterocycles. The van der Waals surface area contributed by atoms with E-state index in [0.29, 0.717) is 13.2 Å². The van der Waals surface area contributed by atoms with Crippen molar-refractivity contribution in [2.24, 2.45) is 5.41 Å². The van der Waals surface area contributed by atoms with Crippen LogP contribution in [0.4, 0.5) is 0 Å². The summed E-state index contributed by atoms with van der Waals surface area (Å²) in [5.41, 5.74) is -0.0212. The zero-order chi connectivity index (χ0) is 13.0. The van der Waals surface area contributed by atoms with Crippen LogP contribution in [0.1, 0.15) is 39.5 Å². The molecule has 0 aromatic rings. The molecule has 0 bridgehead atoms. The van der Waals surface area contributed by atoms with E-state index in [9.17, 15) is 4.79 Å². The summed E-state index contributed by atoms with van der Waals surface area (Å²) in [4.78, 5) is 11.4. The SMILES string of the molecule is CCOC(=O)/C=C/[C@@]12CCC[C@@H]1OC(OCC)C2. The summed E-state index contributed by atoms with van der Waals surface area (Å²) < 4.78 is 16.4. The molecule has 1 heterocycles. The molecule has 1 saturated carbocycles. The van der Waals surface area contributed by atoms with E-state index >= 15 is 0 Å². The van der Waals surface area contributed by atoms with Crippen LogP contribution in [0.15, 0.2) is 12.2 Å². The molecule has 0 aromatic heterocycles. The largest absolute Gasteiger partial charge is 0.463 e. The van der Waals surface area contributed by atoms with Gasteiger partial charge in [0.2, 0.25) is 0 Å². The Balaban J connectivity index is 2.01. The first kappa shape index (κ1) is 13.6. The van der Waals surface area contributed by atoms with Gasteiger partial charge < -0.3 is 14.2 Å². The standard InChI is InChI=1S/C14H22O4/c1-3-16-12(15)7-9-14-8-5-6-11(14)18-13(10-14)17-4-2/h7,9,11,13H,3-6,8,10H2,1-2H3/b9-7+/t11-,13?,14+/m0/s1. The molecule has 0 aromatic carbocycles. The van der Waals surface area contributed by atoms with Crippen molar-refractivity contribution in [1.29, 1.82) is 0 Å². The van der Waals surface area contributed by atoms with Crippen LogP contribution in [0.25, 0.3) is 0 Å². The highest BCUT2D eigenvalue weighted by Gasteiger charge is 2.50. The Morgan fingerprint density at radius 1 is 1.44 bits per heavy atom. The molecular formula is C14H22O4. The highest BCUT2D eigenvalue weighted by atomic mass is 16.7. The van der Waals surface area contributed by atoms with Crippen LogP contribution in [0, 0.1) is 5.41 Å². The van der Waals surface area contributed by atoms with Gasteiger partial charge in [0.15, 0.2) is 6.29 Å². The lowest BCUT2D eigenvalue weighted by Gasteiger charge is -2.22. The predicted molar refractivity (Wildman–Crippen MR) is 67.0 cm³/mol. The van der Waals surface area contributed by atoms with Gasteiger partial charge in [-0.2, -0.15) is 0 Å². The van der Waals surface area contributed by atoms with Gasteiger partial charge in [0.25, 0.3) is 0 Å². The summed E-state index contributed by atoms with van der Waals surface area (Å²) >= 11 is 0. The third-order valence-electron chi connectivity index (χ3n) is 3.80. The number of fused-ring (bicyclic) bond motifs is 1. The Labute approximate surface area is 108 Å². The fraction of sp³-hybridized carbons (Fsp3) is 0.786. The van der Waals surface area contributed by atoms with Gasteiger partial charge in [-0.05, 0) is 33.1 Å². The predicted octanol–water partition coefficient (Wildman–Crippen LogP) is 2.43. The fourth-order valence-electron chi connectivity index (χ4n) is 3.01. The van der Waals surface area contributed by atoms with E-state index in [0.717, 1.165) is 25.7 Å². The van der Waals surface area contributed by atoms with Crippen molar-refractivity contribution in [2.75, 3.05) is 13.2 Å². The van der Waals surface area contributed by atoms with Crippen LogP contribution < -0.4 is 0 Å². The lowest BCUT2D eigenvalue weighted by atomic mass is 9.82. The van der Waals surface area contributed by atoms with Crippen LogP contribution in [0.5, 0.6) is 0 Å². The number of hydrogen-bond acceptors (Lipinski definition) is 4. The van der Waals surface area contributed by atoms with Gasteiger partial charge in [0, 0.05) is 24.5 Å². The van der Waals surface area contributed by atoms with Crippen molar-refractivity contribution < 1.29 is 19.0 Å². The topological polar surface area (TPSA) is 44.8 Å². The second-order valence-electron chi connectivity index (χ2n) is 4.92. The second kappa shape index (κ2) is 5.85. The van der Waals surface area contributed by atoms with Gasteiger partial charge in [0.1, 0.15) is 0 Å². The summed E-state index contributed by atoms with van der Waals surface area (Å²) in [6.45, 7) is 4.86. The first-order valence-electron chi connectivity index (χ1n) is 6.83. The maximum atomic E-state index is 11.4. The zero-order valence-corrected chi connectivity index (χ0v) is 11.2. The molecule has 0 radical (unpaired) electrons. The maximum absolute atomic E-state index is 11.4. The lowest BCUT2D eigenvalue weighted by molar-refractivity contribution is -0.137. The van der Waals surface area contributed by atoms with Crippen LogP contribution in [-0.4, -0.2) is 31.6 Å². The van der Waals surface area contributed by atoms with Crippen LogP contribution in [0.3, 0.4) is 0 Å². The molecule has 3 atom stereocenters. The Hall–Kier alpha value is -0.870. The number of hydrogen-bond donors (Lipinski definition) is 0. The molecular weight excluding hydrogens is 232 g/mol. The first-order chi connectivity index (χ1) is 8.70. The van der Waals surface area contributed by atoms with Crippen molar-refractivity contribution in [3.63, 3.8) is 0 Å². The van der Waals surface area contributed by atoms with E-state index < -0.39 is 0 Å². The molecule has 4 heteroatoms. The van der Waals surface area contributed by atoms with Gasteiger partial charge in [-0.25, -0.2) is 4.79 Å². The highest BCUT2D eigenvalue weighted by Crippen LogP contribution is 2.51. The van der Waals surface area contributed by atoms with E-state index in [2.05, 4.69) is 0 Å². The zero-order valence-electron chi connectivity index (χ0n) is 11.2. The smallest absolute Gasteiger partial charge is 0.330 e. The van der Waals surface area contributed by atoms with Crippen molar-refractivity contribution >= 4 is 5.97 Å². The molecule has 2 aliphatic rings. The molecule has 1 aliphatic carbocycles. The average Bonchev–Trinajstić information content (AvgIpc) is 2.84. The summed E-state index contributed by atoms with van der Waals surface area (Å²) in [6.07, 6.45) is 7.74. The molecule has 0 amide bonds. The van der Waals surface area contributed by atoms with Crippen molar-refractivity contribution in [2.45, 2.75) is 51.9 Å². The lowest BCUT2D eigenvalue weighted by Crippen LogP contribution is -2.22. The molecule has 2 fully saturated rings. The van der Waals surface area contributed by atoms with Crippen molar-refractivity contribution in [3.05, 3.63) is 12.2 Å². The number of ether oxygens (including phenoxy) is 3. The minimum Gasteiger partial charge on any atom is -0.463 e. The van der Waals surface area contributed by atoms with Gasteiger partial charge in [-0.15, -0.1) is 0 Å². The summed E-state index contributed by atoms with van der Waals surface area (Å²) in [6, 6.07) is 0. The summed E-state index contributed by atoms with van der Waals surface area (Å²) in [5, 5.41) is 0. The molecule has 0 N–H and O–H groups in total. The van der Waals surface area contributed by atoms with Gasteiger partial charge in [-0.1, -0.05) is 6.08 Å². The van der Waals surface area contributed by atoms with E-state index in [4.69, 9.17) is 14.2 Å². The first-order valence-corrected chi connectivity index (χ1v) is 6.83. The molecule has 102 valence electrons. The van der Waals surface area contributed by atoms with E-state index in [1.807, 2.05) is 19.9 Å². The summed E-state index contributed by atoms with van der Waals surface area (Å²) in [7, 11) is 0. The normalized spacial score (nSPS) is 35.0. The monoisotopic (exact) mass is 254 g/mol. The van der Waals surface area contributed by atoms with Gasteiger partial charge in [-0.3, -0.25) is 0 Å². The molecule has 1 saturated heterocycles. The number of carbonyl (C=O) groups is 1. The third-order valence-corrected chi connectivity index (χ3v) is 3.80. The second-order valence-corrected chi connectivity index (χ2v) is 4.92.